The highest BCUT2D eigenvalue weighted by atomic mass is 16.7. The summed E-state index contributed by atoms with van der Waals surface area (Å²) in [6.07, 6.45) is 60.1. The quantitative estimate of drug-likeness (QED) is 0.0149. The summed E-state index contributed by atoms with van der Waals surface area (Å²) < 4.78 is 17.6. The van der Waals surface area contributed by atoms with Crippen LogP contribution in [-0.2, 0) is 23.8 Å². The number of unbranched alkanes of at least 4 members (excludes halogenated alkanes) is 25. The summed E-state index contributed by atoms with van der Waals surface area (Å²) in [5, 5.41) is 56.9. The maximum absolute atomic E-state index is 13.4. The molecule has 77 heavy (non-hydrogen) atoms. The van der Waals surface area contributed by atoms with E-state index < -0.39 is 67.4 Å². The number of hydrogen-bond acceptors (Lipinski definition) is 10. The lowest BCUT2D eigenvalue weighted by atomic mass is 9.99. The Labute approximate surface area is 469 Å². The molecule has 0 radical (unpaired) electrons. The number of hydrogen-bond donors (Lipinski definition) is 6. The third kappa shape index (κ3) is 41.3. The van der Waals surface area contributed by atoms with Crippen LogP contribution in [0.15, 0.2) is 97.2 Å². The fourth-order valence-electron chi connectivity index (χ4n) is 9.10. The Bertz CT molecular complexity index is 1620. The van der Waals surface area contributed by atoms with E-state index in [-0.39, 0.29) is 19.4 Å². The van der Waals surface area contributed by atoms with Crippen molar-refractivity contribution in [3.8, 4) is 0 Å². The molecule has 6 N–H and O–H groups in total. The van der Waals surface area contributed by atoms with Crippen molar-refractivity contribution in [2.24, 2.45) is 0 Å². The van der Waals surface area contributed by atoms with Crippen molar-refractivity contribution in [2.45, 2.75) is 294 Å². The molecule has 8 atom stereocenters. The Morgan fingerprint density at radius 2 is 0.987 bits per heavy atom. The molecular weight excluding hydrogens is 967 g/mol. The van der Waals surface area contributed by atoms with Gasteiger partial charge in [0.05, 0.1) is 25.4 Å². The Balaban J connectivity index is 2.67. The Hall–Kier alpha value is -3.42. The van der Waals surface area contributed by atoms with Gasteiger partial charge in [0.1, 0.15) is 24.4 Å². The van der Waals surface area contributed by atoms with Crippen molar-refractivity contribution < 1.29 is 49.3 Å². The molecule has 8 unspecified atom stereocenters. The van der Waals surface area contributed by atoms with Crippen LogP contribution in [0.2, 0.25) is 0 Å². The fourth-order valence-corrected chi connectivity index (χ4v) is 9.10. The van der Waals surface area contributed by atoms with Crippen LogP contribution in [0.1, 0.15) is 245 Å². The van der Waals surface area contributed by atoms with E-state index >= 15 is 0 Å². The van der Waals surface area contributed by atoms with Gasteiger partial charge in [-0.05, 0) is 89.9 Å². The number of aliphatic hydroxyl groups excluding tert-OH is 5. The maximum Gasteiger partial charge on any atom is 0.306 e. The lowest BCUT2D eigenvalue weighted by molar-refractivity contribution is -0.305. The van der Waals surface area contributed by atoms with Gasteiger partial charge in [0, 0.05) is 6.42 Å². The molecule has 11 nitrogen and oxygen atoms in total. The number of allylic oxidation sites excluding steroid dienone is 15. The summed E-state index contributed by atoms with van der Waals surface area (Å²) in [5.74, 6) is -1.22. The minimum atomic E-state index is -1.63. The molecule has 0 aromatic carbocycles. The zero-order valence-corrected chi connectivity index (χ0v) is 48.8. The first-order chi connectivity index (χ1) is 37.7. The highest BCUT2D eigenvalue weighted by Crippen LogP contribution is 2.26. The molecule has 0 aromatic heterocycles. The number of carbonyl (C=O) groups excluding carboxylic acids is 2. The van der Waals surface area contributed by atoms with Crippen molar-refractivity contribution in [1.82, 2.24) is 5.32 Å². The highest BCUT2D eigenvalue weighted by molar-refractivity contribution is 5.80. The molecule has 1 heterocycles. The van der Waals surface area contributed by atoms with Crippen LogP contribution in [-0.4, -0.2) is 99.6 Å². The number of aliphatic hydroxyl groups is 5. The van der Waals surface area contributed by atoms with Gasteiger partial charge < -0.3 is 45.1 Å². The van der Waals surface area contributed by atoms with Gasteiger partial charge in [-0.2, -0.15) is 0 Å². The van der Waals surface area contributed by atoms with E-state index in [9.17, 15) is 35.1 Å². The average molecular weight is 1080 g/mol. The molecule has 11 heteroatoms. The van der Waals surface area contributed by atoms with E-state index in [1.165, 1.54) is 64.2 Å². The summed E-state index contributed by atoms with van der Waals surface area (Å²) in [7, 11) is 0. The summed E-state index contributed by atoms with van der Waals surface area (Å²) in [6.45, 7) is 5.60. The van der Waals surface area contributed by atoms with Crippen LogP contribution < -0.4 is 5.32 Å². The molecule has 1 amide bonds. The van der Waals surface area contributed by atoms with Crippen LogP contribution in [0, 0.1) is 0 Å². The van der Waals surface area contributed by atoms with Gasteiger partial charge in [-0.15, -0.1) is 0 Å². The maximum atomic E-state index is 13.4. The van der Waals surface area contributed by atoms with Crippen molar-refractivity contribution in [2.75, 3.05) is 13.2 Å². The molecule has 1 rings (SSSR count). The molecule has 1 aliphatic rings. The first-order valence-corrected chi connectivity index (χ1v) is 31.0. The summed E-state index contributed by atoms with van der Waals surface area (Å²) in [6, 6.07) is -1.04. The zero-order valence-electron chi connectivity index (χ0n) is 48.8. The standard InChI is InChI=1S/C66H113NO10/c1-4-7-10-13-16-19-22-24-26-27-28-29-30-31-32-34-35-38-41-44-47-50-53-59(70)65(74)67-57(58(69)52-49-46-43-40-37-21-18-15-12-9-6-3)56-75-66-64(63(73)62(72)60(55-68)76-66)77-61(71)54-51-48-45-42-39-36-33-25-23-20-17-14-11-8-5-2/h8,11,14,16-17,19-20,23-24,26,28-29,31-32,49,52,57-60,62-64,66,68-70,72-73H,4-7,9-10,12-13,15,18,21-22,25,27,30,33-48,50-51,53-56H2,1-3H3,(H,67,74)/b11-8+,17-14+,19-16-,23-20+,26-24-,29-28-,32-31-,52-49+. The van der Waals surface area contributed by atoms with Gasteiger partial charge in [0.15, 0.2) is 12.4 Å². The topological polar surface area (TPSA) is 175 Å². The molecule has 1 aliphatic heterocycles. The summed E-state index contributed by atoms with van der Waals surface area (Å²) >= 11 is 0. The molecule has 442 valence electrons. The van der Waals surface area contributed by atoms with E-state index in [1.54, 1.807) is 6.08 Å². The van der Waals surface area contributed by atoms with E-state index in [4.69, 9.17) is 14.2 Å². The third-order valence-electron chi connectivity index (χ3n) is 14.0. The van der Waals surface area contributed by atoms with Crippen LogP contribution in [0.25, 0.3) is 0 Å². The Morgan fingerprint density at radius 3 is 1.53 bits per heavy atom. The van der Waals surface area contributed by atoms with Crippen LogP contribution in [0.3, 0.4) is 0 Å². The summed E-state index contributed by atoms with van der Waals surface area (Å²) in [4.78, 5) is 26.5. The van der Waals surface area contributed by atoms with Gasteiger partial charge in [-0.3, -0.25) is 9.59 Å². The van der Waals surface area contributed by atoms with Gasteiger partial charge in [0.25, 0.3) is 0 Å². The molecule has 0 spiro atoms. The fraction of sp³-hybridized carbons (Fsp3) is 0.727. The smallest absolute Gasteiger partial charge is 0.306 e. The zero-order chi connectivity index (χ0) is 56.1. The van der Waals surface area contributed by atoms with E-state index in [0.717, 1.165) is 135 Å². The Morgan fingerprint density at radius 1 is 0.532 bits per heavy atom. The molecule has 0 bridgehead atoms. The van der Waals surface area contributed by atoms with E-state index in [2.05, 4.69) is 105 Å². The van der Waals surface area contributed by atoms with E-state index in [0.29, 0.717) is 12.8 Å². The van der Waals surface area contributed by atoms with Gasteiger partial charge in [0.2, 0.25) is 5.91 Å². The largest absolute Gasteiger partial charge is 0.454 e. The number of rotatable bonds is 51. The van der Waals surface area contributed by atoms with Crippen molar-refractivity contribution >= 4 is 11.9 Å². The minimum absolute atomic E-state index is 0.104. The van der Waals surface area contributed by atoms with Gasteiger partial charge in [-0.25, -0.2) is 0 Å². The number of ether oxygens (including phenoxy) is 3. The lowest BCUT2D eigenvalue weighted by Crippen LogP contribution is -2.61. The third-order valence-corrected chi connectivity index (χ3v) is 14.0. The molecule has 1 saturated heterocycles. The normalized spacial score (nSPS) is 19.7. The first kappa shape index (κ1) is 71.6. The predicted octanol–water partition coefficient (Wildman–Crippen LogP) is 14.7. The second kappa shape index (κ2) is 53.2. The SMILES string of the molecule is CC/C=C/C=C/C=C/CCCCCCCCCC(=O)OC1C(OCC(NC(=O)C(O)CCCCCCCC/C=C\C/C=C\C/C=C\C/C=C\CCCCC)C(O)/C=C/CCCCCCCCCCC)OC(CO)C(O)C1O. The summed E-state index contributed by atoms with van der Waals surface area (Å²) in [5.41, 5.74) is 0. The van der Waals surface area contributed by atoms with Gasteiger partial charge in [-0.1, -0.05) is 246 Å². The van der Waals surface area contributed by atoms with Crippen molar-refractivity contribution in [3.05, 3.63) is 97.2 Å². The second-order valence-electron chi connectivity index (χ2n) is 21.1. The molecule has 0 saturated carbocycles. The van der Waals surface area contributed by atoms with Crippen LogP contribution in [0.5, 0.6) is 0 Å². The first-order valence-electron chi connectivity index (χ1n) is 31.0. The molecule has 0 aromatic rings. The minimum Gasteiger partial charge on any atom is -0.454 e. The van der Waals surface area contributed by atoms with Crippen molar-refractivity contribution in [3.63, 3.8) is 0 Å². The lowest BCUT2D eigenvalue weighted by Gasteiger charge is -2.41. The number of carbonyl (C=O) groups is 2. The monoisotopic (exact) mass is 1080 g/mol. The Kier molecular flexibility index (Phi) is 49.5. The molecular formula is C66H113NO10. The predicted molar refractivity (Wildman–Crippen MR) is 319 cm³/mol. The van der Waals surface area contributed by atoms with Crippen LogP contribution in [0.4, 0.5) is 0 Å². The van der Waals surface area contributed by atoms with Gasteiger partial charge >= 0.3 is 5.97 Å². The number of esters is 1. The van der Waals surface area contributed by atoms with Crippen LogP contribution >= 0.6 is 0 Å². The number of amides is 1. The second-order valence-corrected chi connectivity index (χ2v) is 21.1. The van der Waals surface area contributed by atoms with Crippen molar-refractivity contribution in [1.29, 1.82) is 0 Å². The average Bonchev–Trinajstić information content (AvgIpc) is 3.43. The number of nitrogens with one attached hydrogen (secondary N) is 1. The molecule has 1 fully saturated rings. The molecule has 0 aliphatic carbocycles. The highest BCUT2D eigenvalue weighted by Gasteiger charge is 2.47. The van der Waals surface area contributed by atoms with E-state index in [1.807, 2.05) is 12.2 Å².